The molecule has 1 N–H and O–H groups in total. The number of hydrogen-bond donors (Lipinski definition) is 1. The van der Waals surface area contributed by atoms with Gasteiger partial charge in [0.15, 0.2) is 0 Å². The Balaban J connectivity index is 3.19. The first-order chi connectivity index (χ1) is 8.16. The van der Waals surface area contributed by atoms with Crippen molar-refractivity contribution in [1.82, 2.24) is 0 Å². The zero-order chi connectivity index (χ0) is 12.9. The van der Waals surface area contributed by atoms with Crippen LogP contribution in [0.4, 0.5) is 0 Å². The maximum atomic E-state index is 11.2. The average Bonchev–Trinajstić information content (AvgIpc) is 2.29. The molecule has 5 nitrogen and oxygen atoms in total. The van der Waals surface area contributed by atoms with E-state index in [2.05, 4.69) is 0 Å². The van der Waals surface area contributed by atoms with Gasteiger partial charge in [-0.3, -0.25) is 9.59 Å². The monoisotopic (exact) mass is 246 g/mol. The molecule has 0 aromatic rings. The van der Waals surface area contributed by atoms with Gasteiger partial charge in [0.25, 0.3) is 0 Å². The maximum Gasteiger partial charge on any atom is 0.305 e. The highest BCUT2D eigenvalue weighted by Gasteiger charge is 2.02. The van der Waals surface area contributed by atoms with E-state index in [4.69, 9.17) is 14.6 Å². The largest absolute Gasteiger partial charge is 0.481 e. The van der Waals surface area contributed by atoms with Gasteiger partial charge in [0, 0.05) is 33.0 Å². The van der Waals surface area contributed by atoms with Crippen molar-refractivity contribution in [3.05, 3.63) is 0 Å². The highest BCUT2D eigenvalue weighted by atomic mass is 16.5. The molecule has 0 radical (unpaired) electrons. The number of unbranched alkanes of at least 4 members (excludes halogenated alkanes) is 3. The van der Waals surface area contributed by atoms with Crippen molar-refractivity contribution in [2.24, 2.45) is 0 Å². The van der Waals surface area contributed by atoms with E-state index in [9.17, 15) is 9.59 Å². The van der Waals surface area contributed by atoms with E-state index >= 15 is 0 Å². The van der Waals surface area contributed by atoms with Crippen LogP contribution in [0.25, 0.3) is 0 Å². The Morgan fingerprint density at radius 2 is 1.59 bits per heavy atom. The molecule has 0 atom stereocenters. The predicted molar refractivity (Wildman–Crippen MR) is 62.8 cm³/mol. The van der Waals surface area contributed by atoms with Crippen LogP contribution in [0.15, 0.2) is 0 Å². The van der Waals surface area contributed by atoms with Crippen LogP contribution in [-0.2, 0) is 19.1 Å². The predicted octanol–water partition coefficient (Wildman–Crippen LogP) is 1.99. The quantitative estimate of drug-likeness (QED) is 0.446. The third-order valence-electron chi connectivity index (χ3n) is 2.28. The van der Waals surface area contributed by atoms with Crippen LogP contribution in [0.2, 0.25) is 0 Å². The van der Waals surface area contributed by atoms with Crippen molar-refractivity contribution < 1.29 is 24.2 Å². The molecule has 0 saturated carbocycles. The minimum absolute atomic E-state index is 0.181. The van der Waals surface area contributed by atoms with Crippen molar-refractivity contribution >= 4 is 11.9 Å². The second kappa shape index (κ2) is 11.4. The molecular weight excluding hydrogens is 224 g/mol. The van der Waals surface area contributed by atoms with E-state index in [1.807, 2.05) is 0 Å². The molecule has 0 aromatic heterocycles. The first kappa shape index (κ1) is 15.9. The Morgan fingerprint density at radius 1 is 0.941 bits per heavy atom. The van der Waals surface area contributed by atoms with Gasteiger partial charge in [0.1, 0.15) is 0 Å². The number of aliphatic carboxylic acids is 1. The lowest BCUT2D eigenvalue weighted by molar-refractivity contribution is -0.144. The van der Waals surface area contributed by atoms with E-state index in [0.29, 0.717) is 26.1 Å². The van der Waals surface area contributed by atoms with E-state index in [-0.39, 0.29) is 12.4 Å². The van der Waals surface area contributed by atoms with Crippen molar-refractivity contribution in [3.8, 4) is 0 Å². The molecule has 0 rings (SSSR count). The number of carbonyl (C=O) groups excluding carboxylic acids is 1. The lowest BCUT2D eigenvalue weighted by Crippen LogP contribution is -2.07. The zero-order valence-corrected chi connectivity index (χ0v) is 10.4. The lowest BCUT2D eigenvalue weighted by atomic mass is 10.1. The topological polar surface area (TPSA) is 72.8 Å². The van der Waals surface area contributed by atoms with Crippen LogP contribution in [-0.4, -0.2) is 37.4 Å². The van der Waals surface area contributed by atoms with Gasteiger partial charge in [-0.15, -0.1) is 0 Å². The number of carboxylic acids is 1. The fraction of sp³-hybridized carbons (Fsp3) is 0.833. The fourth-order valence-corrected chi connectivity index (χ4v) is 1.36. The molecule has 0 saturated heterocycles. The summed E-state index contributed by atoms with van der Waals surface area (Å²) in [6.45, 7) is 1.01. The van der Waals surface area contributed by atoms with Crippen LogP contribution in [0.5, 0.6) is 0 Å². The van der Waals surface area contributed by atoms with Gasteiger partial charge in [-0.2, -0.15) is 0 Å². The van der Waals surface area contributed by atoms with Crippen molar-refractivity contribution in [2.75, 3.05) is 20.3 Å². The van der Waals surface area contributed by atoms with E-state index in [1.165, 1.54) is 0 Å². The summed E-state index contributed by atoms with van der Waals surface area (Å²) < 4.78 is 9.80. The highest BCUT2D eigenvalue weighted by Crippen LogP contribution is 2.06. The normalized spacial score (nSPS) is 10.2. The van der Waals surface area contributed by atoms with Crippen molar-refractivity contribution in [3.63, 3.8) is 0 Å². The third kappa shape index (κ3) is 12.8. The molecule has 17 heavy (non-hydrogen) atoms. The molecule has 100 valence electrons. The summed E-state index contributed by atoms with van der Waals surface area (Å²) in [5.74, 6) is -0.943. The molecule has 0 aliphatic carbocycles. The molecule has 0 unspecified atom stereocenters. The molecule has 0 aliphatic rings. The molecule has 0 aromatic carbocycles. The van der Waals surface area contributed by atoms with Gasteiger partial charge >= 0.3 is 11.9 Å². The Morgan fingerprint density at radius 3 is 2.18 bits per heavy atom. The van der Waals surface area contributed by atoms with E-state index in [1.54, 1.807) is 7.11 Å². The Bertz CT molecular complexity index is 215. The number of esters is 1. The second-order valence-corrected chi connectivity index (χ2v) is 3.87. The molecule has 0 amide bonds. The number of carbonyl (C=O) groups is 2. The van der Waals surface area contributed by atoms with Crippen LogP contribution < -0.4 is 0 Å². The molecule has 0 spiro atoms. The molecule has 0 heterocycles. The summed E-state index contributed by atoms with van der Waals surface area (Å²) in [5, 5.41) is 8.41. The van der Waals surface area contributed by atoms with Gasteiger partial charge in [0.05, 0.1) is 6.61 Å². The summed E-state index contributed by atoms with van der Waals surface area (Å²) in [4.78, 5) is 21.4. The molecule has 0 aliphatic heterocycles. The van der Waals surface area contributed by atoms with E-state index < -0.39 is 5.97 Å². The van der Waals surface area contributed by atoms with Crippen LogP contribution >= 0.6 is 0 Å². The average molecular weight is 246 g/mol. The first-order valence-electron chi connectivity index (χ1n) is 6.03. The second-order valence-electron chi connectivity index (χ2n) is 3.87. The Labute approximate surface area is 102 Å². The maximum absolute atomic E-state index is 11.2. The highest BCUT2D eigenvalue weighted by molar-refractivity contribution is 5.69. The van der Waals surface area contributed by atoms with Crippen LogP contribution in [0.1, 0.15) is 44.9 Å². The number of ether oxygens (including phenoxy) is 2. The SMILES string of the molecule is COCCCOC(=O)CCCCCCC(=O)O. The van der Waals surface area contributed by atoms with Crippen molar-refractivity contribution in [1.29, 1.82) is 0 Å². The number of rotatable bonds is 11. The molecule has 5 heteroatoms. The van der Waals surface area contributed by atoms with Gasteiger partial charge < -0.3 is 14.6 Å². The minimum Gasteiger partial charge on any atom is -0.481 e. The summed E-state index contributed by atoms with van der Waals surface area (Å²) in [7, 11) is 1.61. The van der Waals surface area contributed by atoms with Gasteiger partial charge in [-0.1, -0.05) is 12.8 Å². The fourth-order valence-electron chi connectivity index (χ4n) is 1.36. The third-order valence-corrected chi connectivity index (χ3v) is 2.28. The van der Waals surface area contributed by atoms with Crippen molar-refractivity contribution in [2.45, 2.75) is 44.9 Å². The number of carboxylic acid groups (broad SMARTS) is 1. The summed E-state index contributed by atoms with van der Waals surface area (Å²) in [6, 6.07) is 0. The van der Waals surface area contributed by atoms with Gasteiger partial charge in [-0.25, -0.2) is 0 Å². The Hall–Kier alpha value is -1.10. The summed E-state index contributed by atoms with van der Waals surface area (Å²) in [5.41, 5.74) is 0. The minimum atomic E-state index is -0.762. The number of hydrogen-bond acceptors (Lipinski definition) is 4. The standard InChI is InChI=1S/C12H22O5/c1-16-9-6-10-17-12(15)8-5-3-2-4-7-11(13)14/h2-10H2,1H3,(H,13,14). The number of methoxy groups -OCH3 is 1. The van der Waals surface area contributed by atoms with Gasteiger partial charge in [-0.05, 0) is 12.8 Å². The Kier molecular flexibility index (Phi) is 10.7. The molecule has 0 fully saturated rings. The summed E-state index contributed by atoms with van der Waals surface area (Å²) >= 11 is 0. The lowest BCUT2D eigenvalue weighted by Gasteiger charge is -2.04. The molecule has 0 bridgehead atoms. The summed E-state index contributed by atoms with van der Waals surface area (Å²) in [6.07, 6.45) is 4.52. The van der Waals surface area contributed by atoms with E-state index in [0.717, 1.165) is 25.7 Å². The smallest absolute Gasteiger partial charge is 0.305 e. The first-order valence-corrected chi connectivity index (χ1v) is 6.03. The molecular formula is C12H22O5. The van der Waals surface area contributed by atoms with Gasteiger partial charge in [0.2, 0.25) is 0 Å². The van der Waals surface area contributed by atoms with Crippen LogP contribution in [0.3, 0.4) is 0 Å². The zero-order valence-electron chi connectivity index (χ0n) is 10.4. The van der Waals surface area contributed by atoms with Crippen LogP contribution in [0, 0.1) is 0 Å².